The zero-order chi connectivity index (χ0) is 24.3. The number of hydrogen-bond donors (Lipinski definition) is 4. The summed E-state index contributed by atoms with van der Waals surface area (Å²) < 4.78 is 5.83. The second-order valence-electron chi connectivity index (χ2n) is 8.17. The van der Waals surface area contributed by atoms with Gasteiger partial charge in [-0.05, 0) is 67.9 Å². The lowest BCUT2D eigenvalue weighted by Crippen LogP contribution is -2.35. The molecule has 32 heavy (non-hydrogen) atoms. The van der Waals surface area contributed by atoms with Crippen LogP contribution in [-0.2, 0) is 9.53 Å². The van der Waals surface area contributed by atoms with Crippen LogP contribution in [0.2, 0.25) is 0 Å². The van der Waals surface area contributed by atoms with Crippen LogP contribution in [0.3, 0.4) is 0 Å². The van der Waals surface area contributed by atoms with Gasteiger partial charge in [-0.1, -0.05) is 30.3 Å². The smallest absolute Gasteiger partial charge is 0.408 e. The van der Waals surface area contributed by atoms with E-state index in [1.807, 2.05) is 44.3 Å². The molecule has 1 amide bonds. The lowest BCUT2D eigenvalue weighted by atomic mass is 10.0. The fourth-order valence-corrected chi connectivity index (χ4v) is 2.97. The number of aliphatic hydroxyl groups is 1. The van der Waals surface area contributed by atoms with Crippen LogP contribution in [0.15, 0.2) is 53.3 Å². The lowest BCUT2D eigenvalue weighted by Gasteiger charge is -2.23. The number of carboxylic acids is 1. The number of benzene rings is 1. The SMILES string of the molecule is CC(C)(C)OC(=O)N[C@@H](CC(=O)O)c1cncc(Br)c1.CN[C@H](C)[C@H](O)c1ccccc1. The van der Waals surface area contributed by atoms with E-state index in [2.05, 4.69) is 31.5 Å². The Bertz CT molecular complexity index is 858. The Labute approximate surface area is 197 Å². The topological polar surface area (TPSA) is 121 Å². The van der Waals surface area contributed by atoms with Crippen LogP contribution in [0.5, 0.6) is 0 Å². The van der Waals surface area contributed by atoms with Gasteiger partial charge in [-0.2, -0.15) is 0 Å². The van der Waals surface area contributed by atoms with Gasteiger partial charge in [0.25, 0.3) is 0 Å². The molecule has 0 aliphatic rings. The van der Waals surface area contributed by atoms with Crippen molar-refractivity contribution in [3.63, 3.8) is 0 Å². The quantitative estimate of drug-likeness (QED) is 0.440. The molecule has 0 aliphatic heterocycles. The number of carbonyl (C=O) groups is 2. The molecule has 2 aromatic rings. The molecular formula is C23H32BrN3O5. The van der Waals surface area contributed by atoms with Crippen LogP contribution >= 0.6 is 15.9 Å². The van der Waals surface area contributed by atoms with Gasteiger partial charge in [0.2, 0.25) is 0 Å². The van der Waals surface area contributed by atoms with Gasteiger partial charge in [-0.25, -0.2) is 4.79 Å². The first kappa shape index (κ1) is 27.5. The van der Waals surface area contributed by atoms with Crippen LogP contribution in [0.4, 0.5) is 4.79 Å². The Morgan fingerprint density at radius 3 is 2.28 bits per heavy atom. The van der Waals surface area contributed by atoms with Gasteiger partial charge in [0.15, 0.2) is 0 Å². The summed E-state index contributed by atoms with van der Waals surface area (Å²) in [7, 11) is 1.84. The number of nitrogens with zero attached hydrogens (tertiary/aromatic N) is 1. The molecule has 0 saturated carbocycles. The summed E-state index contributed by atoms with van der Waals surface area (Å²) in [6.45, 7) is 7.16. The number of rotatable bonds is 7. The van der Waals surface area contributed by atoms with Crippen molar-refractivity contribution in [1.82, 2.24) is 15.6 Å². The van der Waals surface area contributed by atoms with Gasteiger partial charge in [0.1, 0.15) is 5.60 Å². The molecule has 2 rings (SSSR count). The molecule has 0 fully saturated rings. The average Bonchev–Trinajstić information content (AvgIpc) is 2.71. The van der Waals surface area contributed by atoms with E-state index in [9.17, 15) is 14.7 Å². The van der Waals surface area contributed by atoms with Crippen molar-refractivity contribution >= 4 is 28.0 Å². The van der Waals surface area contributed by atoms with Gasteiger partial charge in [0.05, 0.1) is 18.6 Å². The van der Waals surface area contributed by atoms with E-state index in [1.165, 1.54) is 6.20 Å². The van der Waals surface area contributed by atoms with Gasteiger partial charge in [-0.15, -0.1) is 0 Å². The normalized spacial score (nSPS) is 13.7. The molecule has 0 unspecified atom stereocenters. The summed E-state index contributed by atoms with van der Waals surface area (Å²) in [5.74, 6) is -1.02. The summed E-state index contributed by atoms with van der Waals surface area (Å²) >= 11 is 3.26. The third kappa shape index (κ3) is 10.7. The molecule has 8 nitrogen and oxygen atoms in total. The maximum Gasteiger partial charge on any atom is 0.408 e. The van der Waals surface area contributed by atoms with Crippen LogP contribution < -0.4 is 10.6 Å². The zero-order valence-corrected chi connectivity index (χ0v) is 20.6. The third-order valence-electron chi connectivity index (χ3n) is 4.27. The molecule has 0 bridgehead atoms. The van der Waals surface area contributed by atoms with Crippen molar-refractivity contribution < 1.29 is 24.5 Å². The molecule has 0 saturated heterocycles. The Hall–Kier alpha value is -2.49. The Balaban J connectivity index is 0.000000363. The predicted molar refractivity (Wildman–Crippen MR) is 126 cm³/mol. The number of alkyl carbamates (subject to hydrolysis) is 1. The minimum Gasteiger partial charge on any atom is -0.481 e. The van der Waals surface area contributed by atoms with Crippen LogP contribution in [-0.4, -0.2) is 46.0 Å². The number of nitrogens with one attached hydrogen (secondary N) is 2. The predicted octanol–water partition coefficient (Wildman–Crippen LogP) is 4.21. The van der Waals surface area contributed by atoms with Crippen molar-refractivity contribution in [1.29, 1.82) is 0 Å². The number of amides is 1. The summed E-state index contributed by atoms with van der Waals surface area (Å²) in [5.41, 5.74) is 0.903. The molecule has 176 valence electrons. The highest BCUT2D eigenvalue weighted by molar-refractivity contribution is 9.10. The largest absolute Gasteiger partial charge is 0.481 e. The number of aromatic nitrogens is 1. The summed E-state index contributed by atoms with van der Waals surface area (Å²) in [6.07, 6.45) is 1.75. The van der Waals surface area contributed by atoms with E-state index in [0.717, 1.165) is 5.56 Å². The van der Waals surface area contributed by atoms with E-state index >= 15 is 0 Å². The number of carboxylic acid groups (broad SMARTS) is 1. The monoisotopic (exact) mass is 509 g/mol. The number of pyridine rings is 1. The molecule has 9 heteroatoms. The Kier molecular flexibility index (Phi) is 11.3. The van der Waals surface area contributed by atoms with E-state index < -0.39 is 29.8 Å². The van der Waals surface area contributed by atoms with Crippen molar-refractivity contribution in [3.05, 3.63) is 64.4 Å². The highest BCUT2D eigenvalue weighted by Gasteiger charge is 2.22. The molecule has 3 atom stereocenters. The molecule has 4 N–H and O–H groups in total. The number of ether oxygens (including phenoxy) is 1. The van der Waals surface area contributed by atoms with Crippen LogP contribution in [0, 0.1) is 0 Å². The Morgan fingerprint density at radius 2 is 1.78 bits per heavy atom. The number of carbonyl (C=O) groups excluding carboxylic acids is 1. The maximum atomic E-state index is 11.8. The molecule has 0 spiro atoms. The van der Waals surface area contributed by atoms with Crippen LogP contribution in [0.1, 0.15) is 57.4 Å². The van der Waals surface area contributed by atoms with Crippen molar-refractivity contribution in [2.24, 2.45) is 0 Å². The Morgan fingerprint density at radius 1 is 1.16 bits per heavy atom. The second kappa shape index (κ2) is 13.1. The van der Waals surface area contributed by atoms with E-state index in [-0.39, 0.29) is 12.5 Å². The van der Waals surface area contributed by atoms with Crippen molar-refractivity contribution in [2.45, 2.75) is 57.9 Å². The summed E-state index contributed by atoms with van der Waals surface area (Å²) in [5, 5.41) is 24.2. The van der Waals surface area contributed by atoms with Gasteiger partial charge in [-0.3, -0.25) is 9.78 Å². The minimum absolute atomic E-state index is 0.0902. The number of aliphatic carboxylic acids is 1. The standard InChI is InChI=1S/C13H17BrN2O4.C10H15NO/c1-13(2,3)20-12(19)16-10(5-11(17)18)8-4-9(14)7-15-6-8;1-8(11-2)10(12)9-6-4-3-5-7-9/h4,6-7,10H,5H2,1-3H3,(H,16,19)(H,17,18);3-8,10-12H,1-2H3/t10-;8-,10+/m01/s1. The molecule has 1 aromatic heterocycles. The van der Waals surface area contributed by atoms with E-state index in [1.54, 1.807) is 33.0 Å². The molecule has 1 aromatic carbocycles. The number of hydrogen-bond acceptors (Lipinski definition) is 6. The fraction of sp³-hybridized carbons (Fsp3) is 0.435. The summed E-state index contributed by atoms with van der Waals surface area (Å²) in [6, 6.07) is 10.8. The van der Waals surface area contributed by atoms with E-state index in [0.29, 0.717) is 10.0 Å². The number of likely N-dealkylation sites (N-methyl/N-ethyl adjacent to an activating group) is 1. The highest BCUT2D eigenvalue weighted by atomic mass is 79.9. The first-order chi connectivity index (χ1) is 14.9. The first-order valence-corrected chi connectivity index (χ1v) is 10.9. The maximum absolute atomic E-state index is 11.8. The minimum atomic E-state index is -1.02. The fourth-order valence-electron chi connectivity index (χ4n) is 2.59. The molecule has 0 aliphatic carbocycles. The second-order valence-corrected chi connectivity index (χ2v) is 9.08. The highest BCUT2D eigenvalue weighted by Crippen LogP contribution is 2.20. The average molecular weight is 510 g/mol. The van der Waals surface area contributed by atoms with Gasteiger partial charge >= 0.3 is 12.1 Å². The summed E-state index contributed by atoms with van der Waals surface area (Å²) in [4.78, 5) is 26.6. The number of aliphatic hydroxyl groups excluding tert-OH is 1. The third-order valence-corrected chi connectivity index (χ3v) is 4.70. The zero-order valence-electron chi connectivity index (χ0n) is 19.0. The number of halogens is 1. The van der Waals surface area contributed by atoms with Crippen molar-refractivity contribution in [3.8, 4) is 0 Å². The molecular weight excluding hydrogens is 478 g/mol. The molecule has 1 heterocycles. The van der Waals surface area contributed by atoms with Gasteiger partial charge < -0.3 is 25.6 Å². The van der Waals surface area contributed by atoms with Crippen molar-refractivity contribution in [2.75, 3.05) is 7.05 Å². The van der Waals surface area contributed by atoms with Gasteiger partial charge in [0, 0.05) is 22.9 Å². The molecule has 0 radical (unpaired) electrons. The first-order valence-electron chi connectivity index (χ1n) is 10.1. The van der Waals surface area contributed by atoms with E-state index in [4.69, 9.17) is 9.84 Å². The lowest BCUT2D eigenvalue weighted by molar-refractivity contribution is -0.137. The van der Waals surface area contributed by atoms with Crippen LogP contribution in [0.25, 0.3) is 0 Å².